The SMILES string of the molecule is NC1C(=O)N(CCO)c2c(F)ccc(Cl)c21. The van der Waals surface area contributed by atoms with Gasteiger partial charge in [0.15, 0.2) is 0 Å². The fourth-order valence-corrected chi connectivity index (χ4v) is 2.12. The van der Waals surface area contributed by atoms with Crippen molar-refractivity contribution in [2.75, 3.05) is 18.1 Å². The van der Waals surface area contributed by atoms with E-state index in [1.54, 1.807) is 0 Å². The highest BCUT2D eigenvalue weighted by Crippen LogP contribution is 2.40. The Kier molecular flexibility index (Phi) is 2.84. The summed E-state index contributed by atoms with van der Waals surface area (Å²) in [7, 11) is 0. The minimum Gasteiger partial charge on any atom is -0.395 e. The molecule has 4 nitrogen and oxygen atoms in total. The van der Waals surface area contributed by atoms with Crippen LogP contribution in [0.25, 0.3) is 0 Å². The maximum absolute atomic E-state index is 13.6. The molecule has 86 valence electrons. The summed E-state index contributed by atoms with van der Waals surface area (Å²) in [5, 5.41) is 9.09. The van der Waals surface area contributed by atoms with E-state index in [0.29, 0.717) is 5.56 Å². The molecule has 6 heteroatoms. The molecule has 0 aromatic heterocycles. The minimum atomic E-state index is -0.954. The first-order valence-corrected chi connectivity index (χ1v) is 5.11. The van der Waals surface area contributed by atoms with E-state index in [1.807, 2.05) is 0 Å². The van der Waals surface area contributed by atoms with E-state index < -0.39 is 17.8 Å². The average molecular weight is 245 g/mol. The minimum absolute atomic E-state index is 0.0107. The Hall–Kier alpha value is -1.17. The molecule has 1 amide bonds. The zero-order valence-electron chi connectivity index (χ0n) is 8.28. The third kappa shape index (κ3) is 1.48. The van der Waals surface area contributed by atoms with Crippen molar-refractivity contribution in [3.05, 3.63) is 28.5 Å². The van der Waals surface area contributed by atoms with Crippen LogP contribution < -0.4 is 10.6 Å². The number of hydrogen-bond donors (Lipinski definition) is 2. The molecule has 0 saturated heterocycles. The van der Waals surface area contributed by atoms with Gasteiger partial charge in [-0.1, -0.05) is 11.6 Å². The number of aliphatic hydroxyl groups excluding tert-OH is 1. The fraction of sp³-hybridized carbons (Fsp3) is 0.300. The van der Waals surface area contributed by atoms with Crippen LogP contribution in [0.3, 0.4) is 0 Å². The summed E-state index contributed by atoms with van der Waals surface area (Å²) in [6, 6.07) is 1.59. The zero-order chi connectivity index (χ0) is 11.9. The molecule has 1 heterocycles. The lowest BCUT2D eigenvalue weighted by atomic mass is 10.1. The largest absolute Gasteiger partial charge is 0.395 e. The molecule has 16 heavy (non-hydrogen) atoms. The molecular weight excluding hydrogens is 235 g/mol. The zero-order valence-corrected chi connectivity index (χ0v) is 9.04. The van der Waals surface area contributed by atoms with Crippen LogP contribution in [0.5, 0.6) is 0 Å². The van der Waals surface area contributed by atoms with Crippen LogP contribution in [0.15, 0.2) is 12.1 Å². The van der Waals surface area contributed by atoms with Crippen molar-refractivity contribution in [1.82, 2.24) is 0 Å². The number of fused-ring (bicyclic) bond motifs is 1. The number of β-amino-alcohol motifs (C(OH)–C–C–N with tert-alkyl or cyclic N) is 1. The van der Waals surface area contributed by atoms with Gasteiger partial charge in [-0.3, -0.25) is 4.79 Å². The van der Waals surface area contributed by atoms with E-state index in [2.05, 4.69) is 0 Å². The standard InChI is InChI=1S/C10H10ClFN2O2/c11-5-1-2-6(12)9-7(5)8(13)10(16)14(9)3-4-15/h1-2,8,15H,3-4,13H2. The first kappa shape index (κ1) is 11.3. The Morgan fingerprint density at radius 2 is 2.25 bits per heavy atom. The van der Waals surface area contributed by atoms with Crippen LogP contribution in [0.1, 0.15) is 11.6 Å². The van der Waals surface area contributed by atoms with Gasteiger partial charge in [-0.05, 0) is 12.1 Å². The second kappa shape index (κ2) is 4.01. The van der Waals surface area contributed by atoms with Gasteiger partial charge in [-0.25, -0.2) is 4.39 Å². The third-order valence-corrected chi connectivity index (χ3v) is 2.88. The Labute approximate surface area is 96.4 Å². The molecule has 0 aliphatic carbocycles. The van der Waals surface area contributed by atoms with Crippen molar-refractivity contribution < 1.29 is 14.3 Å². The number of anilines is 1. The van der Waals surface area contributed by atoms with Crippen LogP contribution in [0.2, 0.25) is 5.02 Å². The molecule has 0 bridgehead atoms. The van der Waals surface area contributed by atoms with Crippen molar-refractivity contribution in [1.29, 1.82) is 0 Å². The lowest BCUT2D eigenvalue weighted by molar-refractivity contribution is -0.119. The maximum Gasteiger partial charge on any atom is 0.248 e. The molecular formula is C10H10ClFN2O2. The van der Waals surface area contributed by atoms with E-state index in [1.165, 1.54) is 12.1 Å². The Balaban J connectivity index is 2.60. The van der Waals surface area contributed by atoms with Crippen LogP contribution in [0, 0.1) is 5.82 Å². The number of benzene rings is 1. The second-order valence-electron chi connectivity index (χ2n) is 3.48. The first-order chi connectivity index (χ1) is 7.57. The summed E-state index contributed by atoms with van der Waals surface area (Å²) >= 11 is 5.88. The first-order valence-electron chi connectivity index (χ1n) is 4.73. The Morgan fingerprint density at radius 1 is 1.56 bits per heavy atom. The fourth-order valence-electron chi connectivity index (χ4n) is 1.85. The van der Waals surface area contributed by atoms with Crippen molar-refractivity contribution in [3.8, 4) is 0 Å². The van der Waals surface area contributed by atoms with Gasteiger partial charge in [0.25, 0.3) is 0 Å². The number of carbonyl (C=O) groups excluding carboxylic acids is 1. The number of halogens is 2. The quantitative estimate of drug-likeness (QED) is 0.809. The van der Waals surface area contributed by atoms with E-state index >= 15 is 0 Å². The average Bonchev–Trinajstić information content (AvgIpc) is 2.50. The van der Waals surface area contributed by atoms with Crippen molar-refractivity contribution in [2.45, 2.75) is 6.04 Å². The van der Waals surface area contributed by atoms with Crippen LogP contribution in [0.4, 0.5) is 10.1 Å². The highest BCUT2D eigenvalue weighted by molar-refractivity contribution is 6.32. The summed E-state index contributed by atoms with van der Waals surface area (Å²) in [6.07, 6.45) is 0. The second-order valence-corrected chi connectivity index (χ2v) is 3.89. The number of hydrogen-bond acceptors (Lipinski definition) is 3. The number of amides is 1. The Morgan fingerprint density at radius 3 is 2.88 bits per heavy atom. The number of carbonyl (C=O) groups is 1. The van der Waals surface area contributed by atoms with Crippen LogP contribution in [-0.2, 0) is 4.79 Å². The van der Waals surface area contributed by atoms with Gasteiger partial charge in [-0.2, -0.15) is 0 Å². The molecule has 1 aromatic rings. The predicted octanol–water partition coefficient (Wildman–Crippen LogP) is 0.818. The lowest BCUT2D eigenvalue weighted by Gasteiger charge is -2.16. The summed E-state index contributed by atoms with van der Waals surface area (Å²) in [5.74, 6) is -1.01. The summed E-state index contributed by atoms with van der Waals surface area (Å²) < 4.78 is 13.6. The monoisotopic (exact) mass is 244 g/mol. The summed E-state index contributed by atoms with van der Waals surface area (Å²) in [5.41, 5.74) is 6.03. The van der Waals surface area contributed by atoms with Crippen molar-refractivity contribution in [3.63, 3.8) is 0 Å². The highest BCUT2D eigenvalue weighted by atomic mass is 35.5. The number of nitrogens with two attached hydrogens (primary N) is 1. The van der Waals surface area contributed by atoms with E-state index in [4.69, 9.17) is 22.4 Å². The smallest absolute Gasteiger partial charge is 0.248 e. The summed E-state index contributed by atoms with van der Waals surface area (Å²) in [4.78, 5) is 12.8. The molecule has 2 rings (SSSR count). The molecule has 1 unspecified atom stereocenters. The molecule has 1 atom stereocenters. The van der Waals surface area contributed by atoms with E-state index in [-0.39, 0.29) is 23.9 Å². The van der Waals surface area contributed by atoms with E-state index in [9.17, 15) is 9.18 Å². The topological polar surface area (TPSA) is 66.6 Å². The Bertz CT molecular complexity index is 453. The molecule has 1 aliphatic rings. The predicted molar refractivity (Wildman–Crippen MR) is 57.8 cm³/mol. The number of rotatable bonds is 2. The van der Waals surface area contributed by atoms with Gasteiger partial charge in [0.1, 0.15) is 11.9 Å². The van der Waals surface area contributed by atoms with Crippen molar-refractivity contribution in [2.24, 2.45) is 5.73 Å². The molecule has 3 N–H and O–H groups in total. The third-order valence-electron chi connectivity index (χ3n) is 2.55. The summed E-state index contributed by atoms with van der Waals surface area (Å²) in [6.45, 7) is -0.249. The van der Waals surface area contributed by atoms with Crippen LogP contribution in [-0.4, -0.2) is 24.2 Å². The van der Waals surface area contributed by atoms with E-state index in [0.717, 1.165) is 4.90 Å². The molecule has 1 aromatic carbocycles. The van der Waals surface area contributed by atoms with Gasteiger partial charge in [0, 0.05) is 17.1 Å². The van der Waals surface area contributed by atoms with Gasteiger partial charge < -0.3 is 15.7 Å². The molecule has 0 fully saturated rings. The maximum atomic E-state index is 13.6. The number of nitrogens with zero attached hydrogens (tertiary/aromatic N) is 1. The number of aliphatic hydroxyl groups is 1. The van der Waals surface area contributed by atoms with Gasteiger partial charge in [0.05, 0.1) is 12.3 Å². The molecule has 0 saturated carbocycles. The highest BCUT2D eigenvalue weighted by Gasteiger charge is 2.38. The van der Waals surface area contributed by atoms with Gasteiger partial charge in [0.2, 0.25) is 5.91 Å². The van der Waals surface area contributed by atoms with Gasteiger partial charge >= 0.3 is 0 Å². The van der Waals surface area contributed by atoms with Crippen LogP contribution >= 0.6 is 11.6 Å². The molecule has 0 radical (unpaired) electrons. The lowest BCUT2D eigenvalue weighted by Crippen LogP contribution is -2.34. The van der Waals surface area contributed by atoms with Crippen molar-refractivity contribution >= 4 is 23.2 Å². The van der Waals surface area contributed by atoms with Gasteiger partial charge in [-0.15, -0.1) is 0 Å². The molecule has 0 spiro atoms. The normalized spacial score (nSPS) is 19.1. The molecule has 1 aliphatic heterocycles.